The fourth-order valence-corrected chi connectivity index (χ4v) is 3.84. The third-order valence-electron chi connectivity index (χ3n) is 3.49. The summed E-state index contributed by atoms with van der Waals surface area (Å²) in [6, 6.07) is 9.93. The zero-order valence-electron chi connectivity index (χ0n) is 14.1. The zero-order chi connectivity index (χ0) is 19.2. The molecule has 0 aliphatic rings. The number of halogens is 2. The molecular weight excluding hydrogens is 399 g/mol. The van der Waals surface area contributed by atoms with Crippen LogP contribution in [0.3, 0.4) is 0 Å². The van der Waals surface area contributed by atoms with E-state index in [2.05, 4.69) is 10.0 Å². The molecule has 0 atom stereocenters. The van der Waals surface area contributed by atoms with Gasteiger partial charge in [-0.3, -0.25) is 0 Å². The largest absolute Gasteiger partial charge is 0.394 e. The molecule has 9 heteroatoms. The predicted molar refractivity (Wildman–Crippen MR) is 104 cm³/mol. The van der Waals surface area contributed by atoms with Crippen LogP contribution in [0.5, 0.6) is 0 Å². The van der Waals surface area contributed by atoms with Gasteiger partial charge in [-0.25, -0.2) is 13.1 Å². The number of aliphatic hydroxyl groups excluding tert-OH is 1. The van der Waals surface area contributed by atoms with Crippen LogP contribution < -0.4 is 10.0 Å². The highest BCUT2D eigenvalue weighted by atomic mass is 35.5. The molecule has 0 spiro atoms. The first-order valence-corrected chi connectivity index (χ1v) is 10.1. The Hall–Kier alpha value is -1.35. The third kappa shape index (κ3) is 5.33. The maximum atomic E-state index is 12.6. The van der Waals surface area contributed by atoms with Crippen LogP contribution in [-0.4, -0.2) is 39.9 Å². The molecule has 3 N–H and O–H groups in total. The van der Waals surface area contributed by atoms with E-state index < -0.39 is 10.0 Å². The number of hydrogen-bond acceptors (Lipinski definition) is 5. The number of benzene rings is 2. The summed E-state index contributed by atoms with van der Waals surface area (Å²) >= 11 is 12.5. The van der Waals surface area contributed by atoms with Crippen molar-refractivity contribution in [3.8, 4) is 0 Å². The first-order valence-electron chi connectivity index (χ1n) is 7.85. The highest BCUT2D eigenvalue weighted by Crippen LogP contribution is 2.36. The van der Waals surface area contributed by atoms with Gasteiger partial charge in [0.1, 0.15) is 4.90 Å². The van der Waals surface area contributed by atoms with E-state index in [1.807, 2.05) is 6.92 Å². The fraction of sp³-hybridized carbons (Fsp3) is 0.294. The SMILES string of the molecule is Cc1ccc(Cl)c(Nc2ccccc2S(=O)(=O)NCCOCCO)c1Cl. The smallest absolute Gasteiger partial charge is 0.242 e. The van der Waals surface area contributed by atoms with Crippen molar-refractivity contribution >= 4 is 44.6 Å². The van der Waals surface area contributed by atoms with Crippen LogP contribution in [0.2, 0.25) is 10.0 Å². The van der Waals surface area contributed by atoms with Crippen LogP contribution in [0.15, 0.2) is 41.3 Å². The van der Waals surface area contributed by atoms with Gasteiger partial charge in [0.05, 0.1) is 41.2 Å². The molecule has 2 rings (SSSR count). The molecule has 0 aliphatic heterocycles. The summed E-state index contributed by atoms with van der Waals surface area (Å²) in [5, 5.41) is 12.5. The molecule has 6 nitrogen and oxygen atoms in total. The van der Waals surface area contributed by atoms with E-state index >= 15 is 0 Å². The maximum absolute atomic E-state index is 12.6. The number of hydrogen-bond donors (Lipinski definition) is 3. The molecule has 0 aromatic heterocycles. The lowest BCUT2D eigenvalue weighted by Crippen LogP contribution is -2.28. The Kier molecular flexibility index (Phi) is 7.69. The first-order chi connectivity index (χ1) is 12.4. The van der Waals surface area contributed by atoms with Crippen LogP contribution >= 0.6 is 23.2 Å². The molecule has 2 aromatic rings. The van der Waals surface area contributed by atoms with Crippen molar-refractivity contribution in [2.75, 3.05) is 31.7 Å². The van der Waals surface area contributed by atoms with Gasteiger partial charge in [0.15, 0.2) is 0 Å². The molecule has 0 aliphatic carbocycles. The van der Waals surface area contributed by atoms with Crippen molar-refractivity contribution in [3.63, 3.8) is 0 Å². The molecule has 0 heterocycles. The van der Waals surface area contributed by atoms with E-state index in [0.29, 0.717) is 21.4 Å². The standard InChI is InChI=1S/C17H20Cl2N2O4S/c1-12-6-7-13(18)17(16(12)19)21-14-4-2-3-5-15(14)26(23,24)20-8-10-25-11-9-22/h2-7,20-22H,8-11H2,1H3. The highest BCUT2D eigenvalue weighted by Gasteiger charge is 2.19. The second kappa shape index (κ2) is 9.55. The average molecular weight is 419 g/mol. The van der Waals surface area contributed by atoms with Gasteiger partial charge in [0.25, 0.3) is 0 Å². The molecule has 0 saturated heterocycles. The van der Waals surface area contributed by atoms with Crippen LogP contribution in [0.25, 0.3) is 0 Å². The second-order valence-corrected chi connectivity index (χ2v) is 7.93. The van der Waals surface area contributed by atoms with Crippen molar-refractivity contribution in [2.45, 2.75) is 11.8 Å². The van der Waals surface area contributed by atoms with Gasteiger partial charge in [-0.15, -0.1) is 0 Å². The molecular formula is C17H20Cl2N2O4S. The number of para-hydroxylation sites is 1. The van der Waals surface area contributed by atoms with Crippen LogP contribution in [-0.2, 0) is 14.8 Å². The summed E-state index contributed by atoms with van der Waals surface area (Å²) in [4.78, 5) is 0.0656. The molecule has 142 valence electrons. The van der Waals surface area contributed by atoms with E-state index in [4.69, 9.17) is 33.0 Å². The number of ether oxygens (including phenoxy) is 1. The molecule has 0 unspecified atom stereocenters. The topological polar surface area (TPSA) is 87.7 Å². The minimum atomic E-state index is -3.78. The second-order valence-electron chi connectivity index (χ2n) is 5.41. The first kappa shape index (κ1) is 21.0. The number of nitrogens with one attached hydrogen (secondary N) is 2. The number of aliphatic hydroxyl groups is 1. The lowest BCUT2D eigenvalue weighted by molar-refractivity contribution is 0.0961. The fourth-order valence-electron chi connectivity index (χ4n) is 2.20. The summed E-state index contributed by atoms with van der Waals surface area (Å²) in [7, 11) is -3.78. The number of anilines is 2. The molecule has 0 saturated carbocycles. The van der Waals surface area contributed by atoms with Crippen molar-refractivity contribution in [1.29, 1.82) is 0 Å². The Morgan fingerprint density at radius 3 is 2.58 bits per heavy atom. The Morgan fingerprint density at radius 1 is 1.12 bits per heavy atom. The Labute approximate surface area is 163 Å². The van der Waals surface area contributed by atoms with Gasteiger partial charge in [0.2, 0.25) is 10.0 Å². The Balaban J connectivity index is 2.24. The van der Waals surface area contributed by atoms with Gasteiger partial charge >= 0.3 is 0 Å². The van der Waals surface area contributed by atoms with Gasteiger partial charge in [-0.05, 0) is 30.7 Å². The minimum absolute atomic E-state index is 0.0656. The third-order valence-corrected chi connectivity index (χ3v) is 5.82. The van der Waals surface area contributed by atoms with Crippen molar-refractivity contribution in [1.82, 2.24) is 4.72 Å². The van der Waals surface area contributed by atoms with E-state index in [1.54, 1.807) is 30.3 Å². The molecule has 0 radical (unpaired) electrons. The van der Waals surface area contributed by atoms with E-state index in [9.17, 15) is 8.42 Å². The van der Waals surface area contributed by atoms with Crippen LogP contribution in [0.4, 0.5) is 11.4 Å². The molecule has 2 aromatic carbocycles. The van der Waals surface area contributed by atoms with Crippen LogP contribution in [0, 0.1) is 6.92 Å². The Bertz CT molecular complexity index is 860. The van der Waals surface area contributed by atoms with E-state index in [1.165, 1.54) is 6.07 Å². The summed E-state index contributed by atoms with van der Waals surface area (Å²) in [5.41, 5.74) is 1.62. The minimum Gasteiger partial charge on any atom is -0.394 e. The lowest BCUT2D eigenvalue weighted by atomic mass is 10.2. The average Bonchev–Trinajstić information content (AvgIpc) is 2.62. The van der Waals surface area contributed by atoms with Crippen molar-refractivity contribution in [2.24, 2.45) is 0 Å². The van der Waals surface area contributed by atoms with Crippen LogP contribution in [0.1, 0.15) is 5.56 Å². The molecule has 0 amide bonds. The maximum Gasteiger partial charge on any atom is 0.242 e. The molecule has 26 heavy (non-hydrogen) atoms. The van der Waals surface area contributed by atoms with Gasteiger partial charge in [-0.1, -0.05) is 41.4 Å². The van der Waals surface area contributed by atoms with Gasteiger partial charge in [0, 0.05) is 6.54 Å². The summed E-state index contributed by atoms with van der Waals surface area (Å²) in [6.45, 7) is 2.12. The van der Waals surface area contributed by atoms with E-state index in [0.717, 1.165) is 5.56 Å². The normalized spacial score (nSPS) is 11.5. The summed E-state index contributed by atoms with van der Waals surface area (Å²) in [6.07, 6.45) is 0. The van der Waals surface area contributed by atoms with Gasteiger partial charge in [-0.2, -0.15) is 0 Å². The number of aryl methyl sites for hydroxylation is 1. The highest BCUT2D eigenvalue weighted by molar-refractivity contribution is 7.89. The lowest BCUT2D eigenvalue weighted by Gasteiger charge is -2.16. The van der Waals surface area contributed by atoms with Crippen molar-refractivity contribution < 1.29 is 18.3 Å². The van der Waals surface area contributed by atoms with Crippen molar-refractivity contribution in [3.05, 3.63) is 52.0 Å². The molecule has 0 bridgehead atoms. The summed E-state index contributed by atoms with van der Waals surface area (Å²) in [5.74, 6) is 0. The summed E-state index contributed by atoms with van der Waals surface area (Å²) < 4.78 is 32.7. The number of sulfonamides is 1. The predicted octanol–water partition coefficient (Wildman–Crippen LogP) is 3.33. The Morgan fingerprint density at radius 2 is 1.85 bits per heavy atom. The van der Waals surface area contributed by atoms with Gasteiger partial charge < -0.3 is 15.2 Å². The van der Waals surface area contributed by atoms with E-state index in [-0.39, 0.29) is 31.3 Å². The number of rotatable bonds is 9. The monoisotopic (exact) mass is 418 g/mol. The zero-order valence-corrected chi connectivity index (χ0v) is 16.5. The quantitative estimate of drug-likeness (QED) is 0.543. The molecule has 0 fully saturated rings.